The third kappa shape index (κ3) is 3.49. The van der Waals surface area contributed by atoms with E-state index in [0.29, 0.717) is 13.2 Å². The third-order valence-corrected chi connectivity index (χ3v) is 4.85. The number of nitrogens with one attached hydrogen (secondary N) is 1. The number of alkyl carbamates (subject to hydrolysis) is 1. The van der Waals surface area contributed by atoms with Crippen LogP contribution in [0.25, 0.3) is 17.2 Å². The van der Waals surface area contributed by atoms with E-state index in [9.17, 15) is 4.79 Å². The van der Waals surface area contributed by atoms with Gasteiger partial charge in [0.05, 0.1) is 18.2 Å². The molecular formula is C22H21N3O2. The van der Waals surface area contributed by atoms with Crippen molar-refractivity contribution in [3.8, 4) is 11.1 Å². The van der Waals surface area contributed by atoms with Gasteiger partial charge in [-0.25, -0.2) is 9.78 Å². The molecule has 0 saturated heterocycles. The SMILES string of the molecule is Cn1cncc1C=CCNC(=O)OCC1c2ccccc2-c2ccccc21. The molecule has 0 unspecified atom stereocenters. The van der Waals surface area contributed by atoms with Gasteiger partial charge in [0.2, 0.25) is 0 Å². The summed E-state index contributed by atoms with van der Waals surface area (Å²) in [5.41, 5.74) is 5.84. The van der Waals surface area contributed by atoms with Crippen molar-refractivity contribution in [2.75, 3.05) is 13.2 Å². The molecule has 1 aliphatic carbocycles. The molecule has 5 heteroatoms. The van der Waals surface area contributed by atoms with Crippen LogP contribution in [0.1, 0.15) is 22.7 Å². The first kappa shape index (κ1) is 17.1. The lowest BCUT2D eigenvalue weighted by molar-refractivity contribution is 0.144. The van der Waals surface area contributed by atoms with Gasteiger partial charge in [0, 0.05) is 19.5 Å². The van der Waals surface area contributed by atoms with Gasteiger partial charge in [0.25, 0.3) is 0 Å². The van der Waals surface area contributed by atoms with Crippen LogP contribution in [0.5, 0.6) is 0 Å². The van der Waals surface area contributed by atoms with Crippen LogP contribution in [0.15, 0.2) is 67.1 Å². The van der Waals surface area contributed by atoms with Crippen LogP contribution in [0, 0.1) is 0 Å². The molecule has 0 atom stereocenters. The lowest BCUT2D eigenvalue weighted by Gasteiger charge is -2.14. The molecule has 0 spiro atoms. The number of aryl methyl sites for hydroxylation is 1. The monoisotopic (exact) mass is 359 g/mol. The number of aromatic nitrogens is 2. The van der Waals surface area contributed by atoms with Gasteiger partial charge in [-0.2, -0.15) is 0 Å². The maximum absolute atomic E-state index is 12.1. The molecule has 3 aromatic rings. The fourth-order valence-electron chi connectivity index (χ4n) is 3.50. The molecule has 2 aromatic carbocycles. The molecule has 27 heavy (non-hydrogen) atoms. The topological polar surface area (TPSA) is 56.2 Å². The smallest absolute Gasteiger partial charge is 0.407 e. The van der Waals surface area contributed by atoms with Crippen LogP contribution in [0.3, 0.4) is 0 Å². The van der Waals surface area contributed by atoms with Gasteiger partial charge in [-0.3, -0.25) is 0 Å². The van der Waals surface area contributed by atoms with E-state index in [0.717, 1.165) is 5.69 Å². The Morgan fingerprint density at radius 2 is 1.81 bits per heavy atom. The maximum Gasteiger partial charge on any atom is 0.407 e. The largest absolute Gasteiger partial charge is 0.449 e. The molecule has 136 valence electrons. The number of rotatable bonds is 5. The zero-order chi connectivity index (χ0) is 18.6. The van der Waals surface area contributed by atoms with Crippen LogP contribution in [-0.2, 0) is 11.8 Å². The number of hydrogen-bond acceptors (Lipinski definition) is 3. The van der Waals surface area contributed by atoms with Crippen LogP contribution < -0.4 is 5.32 Å². The van der Waals surface area contributed by atoms with E-state index in [4.69, 9.17) is 4.74 Å². The predicted molar refractivity (Wildman–Crippen MR) is 105 cm³/mol. The minimum absolute atomic E-state index is 0.0770. The third-order valence-electron chi connectivity index (χ3n) is 4.85. The van der Waals surface area contributed by atoms with Crippen molar-refractivity contribution in [3.05, 3.63) is 84.0 Å². The van der Waals surface area contributed by atoms with Crippen molar-refractivity contribution in [3.63, 3.8) is 0 Å². The maximum atomic E-state index is 12.1. The lowest BCUT2D eigenvalue weighted by Crippen LogP contribution is -2.26. The van der Waals surface area contributed by atoms with E-state index in [1.165, 1.54) is 22.3 Å². The Hall–Kier alpha value is -3.34. The van der Waals surface area contributed by atoms with E-state index in [-0.39, 0.29) is 5.92 Å². The lowest BCUT2D eigenvalue weighted by atomic mass is 9.98. The van der Waals surface area contributed by atoms with Gasteiger partial charge in [-0.15, -0.1) is 0 Å². The Bertz CT molecular complexity index is 945. The summed E-state index contributed by atoms with van der Waals surface area (Å²) in [6, 6.07) is 16.6. The van der Waals surface area contributed by atoms with Gasteiger partial charge in [-0.1, -0.05) is 54.6 Å². The zero-order valence-corrected chi connectivity index (χ0v) is 15.1. The zero-order valence-electron chi connectivity index (χ0n) is 15.1. The number of benzene rings is 2. The quantitative estimate of drug-likeness (QED) is 0.750. The van der Waals surface area contributed by atoms with Gasteiger partial charge >= 0.3 is 6.09 Å². The Kier molecular flexibility index (Phi) is 4.75. The second-order valence-electron chi connectivity index (χ2n) is 6.54. The van der Waals surface area contributed by atoms with Crippen molar-refractivity contribution in [1.82, 2.24) is 14.9 Å². The number of nitrogens with zero attached hydrogens (tertiary/aromatic N) is 2. The molecule has 0 saturated carbocycles. The standard InChI is InChI=1S/C22H21N3O2/c1-25-15-23-13-16(25)7-6-12-24-22(26)27-14-21-19-10-4-2-8-17(19)18-9-3-5-11-20(18)21/h2-11,13,15,21H,12,14H2,1H3,(H,24,26). The van der Waals surface area contributed by atoms with Crippen molar-refractivity contribution >= 4 is 12.2 Å². The number of hydrogen-bond donors (Lipinski definition) is 1. The van der Waals surface area contributed by atoms with Crippen molar-refractivity contribution in [2.45, 2.75) is 5.92 Å². The molecule has 0 radical (unpaired) electrons. The summed E-state index contributed by atoms with van der Waals surface area (Å²) in [4.78, 5) is 16.1. The molecule has 0 bridgehead atoms. The molecule has 0 fully saturated rings. The molecule has 5 nitrogen and oxygen atoms in total. The molecular weight excluding hydrogens is 338 g/mol. The number of carbonyl (C=O) groups excluding carboxylic acids is 1. The summed E-state index contributed by atoms with van der Waals surface area (Å²) < 4.78 is 7.41. The number of ether oxygens (including phenoxy) is 1. The van der Waals surface area contributed by atoms with Crippen LogP contribution in [0.2, 0.25) is 0 Å². The first-order valence-electron chi connectivity index (χ1n) is 8.96. The first-order valence-corrected chi connectivity index (χ1v) is 8.96. The average Bonchev–Trinajstić information content (AvgIpc) is 3.25. The second kappa shape index (κ2) is 7.50. The Balaban J connectivity index is 1.35. The first-order chi connectivity index (χ1) is 13.2. The highest BCUT2D eigenvalue weighted by molar-refractivity contribution is 5.79. The van der Waals surface area contributed by atoms with E-state index in [1.807, 2.05) is 48.0 Å². The predicted octanol–water partition coefficient (Wildman–Crippen LogP) is 3.97. The van der Waals surface area contributed by atoms with Crippen LogP contribution in [-0.4, -0.2) is 28.8 Å². The summed E-state index contributed by atoms with van der Waals surface area (Å²) in [6.07, 6.45) is 6.88. The number of carbonyl (C=O) groups is 1. The highest BCUT2D eigenvalue weighted by atomic mass is 16.5. The van der Waals surface area contributed by atoms with Crippen molar-refractivity contribution in [1.29, 1.82) is 0 Å². The molecule has 4 rings (SSSR count). The summed E-state index contributed by atoms with van der Waals surface area (Å²) >= 11 is 0. The second-order valence-corrected chi connectivity index (χ2v) is 6.54. The van der Waals surface area contributed by atoms with E-state index < -0.39 is 6.09 Å². The Labute approximate surface area is 158 Å². The van der Waals surface area contributed by atoms with Crippen molar-refractivity contribution in [2.24, 2.45) is 7.05 Å². The van der Waals surface area contributed by atoms with E-state index in [1.54, 1.807) is 12.5 Å². The number of imidazole rings is 1. The Morgan fingerprint density at radius 3 is 2.44 bits per heavy atom. The number of fused-ring (bicyclic) bond motifs is 3. The highest BCUT2D eigenvalue weighted by Crippen LogP contribution is 2.44. The summed E-state index contributed by atoms with van der Waals surface area (Å²) in [5, 5.41) is 2.76. The fraction of sp³-hybridized carbons (Fsp3) is 0.182. The van der Waals surface area contributed by atoms with Gasteiger partial charge in [0.1, 0.15) is 6.61 Å². The molecule has 1 heterocycles. The highest BCUT2D eigenvalue weighted by Gasteiger charge is 2.28. The summed E-state index contributed by atoms with van der Waals surface area (Å²) in [6.45, 7) is 0.729. The molecule has 1 aromatic heterocycles. The fourth-order valence-corrected chi connectivity index (χ4v) is 3.50. The van der Waals surface area contributed by atoms with Crippen molar-refractivity contribution < 1.29 is 9.53 Å². The molecule has 1 N–H and O–H groups in total. The number of amides is 1. The molecule has 1 aliphatic rings. The minimum Gasteiger partial charge on any atom is -0.449 e. The van der Waals surface area contributed by atoms with E-state index >= 15 is 0 Å². The normalized spacial score (nSPS) is 12.8. The molecule has 1 amide bonds. The van der Waals surface area contributed by atoms with Gasteiger partial charge in [-0.05, 0) is 28.3 Å². The Morgan fingerprint density at radius 1 is 1.15 bits per heavy atom. The minimum atomic E-state index is -0.411. The summed E-state index contributed by atoms with van der Waals surface area (Å²) in [7, 11) is 1.92. The van der Waals surface area contributed by atoms with Crippen LogP contribution in [0.4, 0.5) is 4.79 Å². The van der Waals surface area contributed by atoms with E-state index in [2.05, 4.69) is 34.6 Å². The average molecular weight is 359 g/mol. The summed E-state index contributed by atoms with van der Waals surface area (Å²) in [5.74, 6) is 0.0770. The van der Waals surface area contributed by atoms with Gasteiger partial charge in [0.15, 0.2) is 0 Å². The molecule has 0 aliphatic heterocycles. The van der Waals surface area contributed by atoms with Gasteiger partial charge < -0.3 is 14.6 Å². The van der Waals surface area contributed by atoms with Crippen LogP contribution >= 0.6 is 0 Å².